The molecule has 6 heteroatoms. The van der Waals surface area contributed by atoms with Gasteiger partial charge in [0.25, 0.3) is 5.91 Å². The highest BCUT2D eigenvalue weighted by Crippen LogP contribution is 2.37. The molecular formula is C13H17BrN2O3. The molecule has 1 aliphatic rings. The number of carboxylic acids is 1. The van der Waals surface area contributed by atoms with Crippen LogP contribution in [0.5, 0.6) is 0 Å². The van der Waals surface area contributed by atoms with E-state index in [0.717, 1.165) is 17.3 Å². The van der Waals surface area contributed by atoms with Crippen molar-refractivity contribution < 1.29 is 14.7 Å². The quantitative estimate of drug-likeness (QED) is 0.843. The van der Waals surface area contributed by atoms with Gasteiger partial charge in [0.05, 0.1) is 0 Å². The molecule has 0 saturated heterocycles. The van der Waals surface area contributed by atoms with Crippen LogP contribution in [0.4, 0.5) is 0 Å². The molecule has 1 atom stereocenters. The number of carboxylic acid groups (broad SMARTS) is 1. The zero-order chi connectivity index (χ0) is 14.0. The van der Waals surface area contributed by atoms with E-state index >= 15 is 0 Å². The monoisotopic (exact) mass is 328 g/mol. The maximum Gasteiger partial charge on any atom is 0.326 e. The lowest BCUT2D eigenvalue weighted by atomic mass is 10.1. The minimum absolute atomic E-state index is 0.321. The summed E-state index contributed by atoms with van der Waals surface area (Å²) < 4.78 is 2.76. The molecule has 104 valence electrons. The average Bonchev–Trinajstić information content (AvgIpc) is 3.11. The Morgan fingerprint density at radius 2 is 2.26 bits per heavy atom. The van der Waals surface area contributed by atoms with Crippen molar-refractivity contribution >= 4 is 27.8 Å². The normalized spacial score (nSPS) is 16.1. The molecular weight excluding hydrogens is 312 g/mol. The minimum Gasteiger partial charge on any atom is -0.480 e. The summed E-state index contributed by atoms with van der Waals surface area (Å²) in [7, 11) is 0. The fourth-order valence-corrected chi connectivity index (χ4v) is 2.50. The zero-order valence-electron chi connectivity index (χ0n) is 10.7. The summed E-state index contributed by atoms with van der Waals surface area (Å²) in [5, 5.41) is 11.7. The lowest BCUT2D eigenvalue weighted by Gasteiger charge is -2.14. The van der Waals surface area contributed by atoms with Crippen molar-refractivity contribution in [2.45, 2.75) is 44.7 Å². The van der Waals surface area contributed by atoms with E-state index in [4.69, 9.17) is 5.11 Å². The van der Waals surface area contributed by atoms with Gasteiger partial charge in [-0.25, -0.2) is 4.79 Å². The first-order valence-electron chi connectivity index (χ1n) is 6.44. The molecule has 0 spiro atoms. The molecule has 5 nitrogen and oxygen atoms in total. The van der Waals surface area contributed by atoms with Crippen molar-refractivity contribution in [1.29, 1.82) is 0 Å². The van der Waals surface area contributed by atoms with Gasteiger partial charge in [0.15, 0.2) is 0 Å². The third-order valence-electron chi connectivity index (χ3n) is 3.17. The van der Waals surface area contributed by atoms with Crippen LogP contribution in [-0.2, 0) is 4.79 Å². The highest BCUT2D eigenvalue weighted by Gasteiger charge is 2.29. The van der Waals surface area contributed by atoms with E-state index in [2.05, 4.69) is 21.2 Å². The Bertz CT molecular complexity index is 494. The second kappa shape index (κ2) is 5.77. The number of hydrogen-bond donors (Lipinski definition) is 2. The minimum atomic E-state index is -0.987. The first kappa shape index (κ1) is 14.1. The fraction of sp³-hybridized carbons (Fsp3) is 0.538. The van der Waals surface area contributed by atoms with E-state index < -0.39 is 12.0 Å². The SMILES string of the molecule is CCCC(NC(=O)c1cc(Br)cn1C1CC1)C(=O)O. The third-order valence-corrected chi connectivity index (χ3v) is 3.60. The van der Waals surface area contributed by atoms with Gasteiger partial charge < -0.3 is 15.0 Å². The number of aromatic nitrogens is 1. The van der Waals surface area contributed by atoms with Gasteiger partial charge >= 0.3 is 5.97 Å². The topological polar surface area (TPSA) is 71.3 Å². The number of carbonyl (C=O) groups is 2. The number of nitrogens with one attached hydrogen (secondary N) is 1. The molecule has 1 saturated carbocycles. The number of rotatable bonds is 6. The molecule has 0 aliphatic heterocycles. The number of amides is 1. The van der Waals surface area contributed by atoms with E-state index in [1.54, 1.807) is 6.07 Å². The molecule has 0 aromatic carbocycles. The van der Waals surface area contributed by atoms with Crippen molar-refractivity contribution in [2.24, 2.45) is 0 Å². The van der Waals surface area contributed by atoms with Gasteiger partial charge in [-0.3, -0.25) is 4.79 Å². The molecule has 2 rings (SSSR count). The predicted molar refractivity (Wildman–Crippen MR) is 74.2 cm³/mol. The smallest absolute Gasteiger partial charge is 0.326 e. The lowest BCUT2D eigenvalue weighted by Crippen LogP contribution is -2.41. The standard InChI is InChI=1S/C13H17BrN2O3/c1-2-3-10(13(18)19)15-12(17)11-6-8(14)7-16(11)9-4-5-9/h6-7,9-10H,2-5H2,1H3,(H,15,17)(H,18,19). The van der Waals surface area contributed by atoms with E-state index in [0.29, 0.717) is 24.6 Å². The fourth-order valence-electron chi connectivity index (χ4n) is 2.06. The highest BCUT2D eigenvalue weighted by atomic mass is 79.9. The van der Waals surface area contributed by atoms with E-state index in [1.165, 1.54) is 0 Å². The second-order valence-electron chi connectivity index (χ2n) is 4.83. The van der Waals surface area contributed by atoms with Gasteiger partial charge in [-0.2, -0.15) is 0 Å². The highest BCUT2D eigenvalue weighted by molar-refractivity contribution is 9.10. The molecule has 2 N–H and O–H groups in total. The Balaban J connectivity index is 2.12. The Kier molecular flexibility index (Phi) is 4.29. The van der Waals surface area contributed by atoms with Gasteiger partial charge in [-0.15, -0.1) is 0 Å². The summed E-state index contributed by atoms with van der Waals surface area (Å²) in [6.45, 7) is 1.89. The summed E-state index contributed by atoms with van der Waals surface area (Å²) in [6.07, 6.45) is 5.16. The average molecular weight is 329 g/mol. The number of halogens is 1. The first-order valence-corrected chi connectivity index (χ1v) is 7.23. The number of nitrogens with zero attached hydrogens (tertiary/aromatic N) is 1. The van der Waals surface area contributed by atoms with Crippen LogP contribution in [-0.4, -0.2) is 27.6 Å². The summed E-state index contributed by atoms with van der Waals surface area (Å²) in [5.74, 6) is -1.31. The van der Waals surface area contributed by atoms with Gasteiger partial charge in [-0.1, -0.05) is 13.3 Å². The largest absolute Gasteiger partial charge is 0.480 e. The van der Waals surface area contributed by atoms with Gasteiger partial charge in [0.1, 0.15) is 11.7 Å². The van der Waals surface area contributed by atoms with E-state index in [1.807, 2.05) is 17.7 Å². The Labute approximate surface area is 120 Å². The summed E-state index contributed by atoms with van der Waals surface area (Å²) in [4.78, 5) is 23.2. The molecule has 0 bridgehead atoms. The summed E-state index contributed by atoms with van der Waals surface area (Å²) in [6, 6.07) is 1.29. The Morgan fingerprint density at radius 1 is 1.58 bits per heavy atom. The third kappa shape index (κ3) is 3.37. The van der Waals surface area contributed by atoms with Crippen LogP contribution < -0.4 is 5.32 Å². The molecule has 1 fully saturated rings. The maximum absolute atomic E-state index is 12.2. The van der Waals surface area contributed by atoms with Crippen molar-refractivity contribution in [1.82, 2.24) is 9.88 Å². The number of aliphatic carboxylic acids is 1. The van der Waals surface area contributed by atoms with Gasteiger partial charge in [-0.05, 0) is 41.3 Å². The van der Waals surface area contributed by atoms with Crippen LogP contribution in [0.3, 0.4) is 0 Å². The predicted octanol–water partition coefficient (Wildman–Crippen LogP) is 2.57. The van der Waals surface area contributed by atoms with Crippen LogP contribution in [0.15, 0.2) is 16.7 Å². The molecule has 1 aliphatic carbocycles. The van der Waals surface area contributed by atoms with Gasteiger partial charge in [0.2, 0.25) is 0 Å². The summed E-state index contributed by atoms with van der Waals surface area (Å²) in [5.41, 5.74) is 0.525. The zero-order valence-corrected chi connectivity index (χ0v) is 12.3. The molecule has 1 aromatic rings. The van der Waals surface area contributed by atoms with Crippen LogP contribution >= 0.6 is 15.9 Å². The Hall–Kier alpha value is -1.30. The van der Waals surface area contributed by atoms with Crippen LogP contribution in [0.1, 0.15) is 49.1 Å². The second-order valence-corrected chi connectivity index (χ2v) is 5.75. The van der Waals surface area contributed by atoms with Crippen molar-refractivity contribution in [3.05, 3.63) is 22.4 Å². The van der Waals surface area contributed by atoms with Crippen LogP contribution in [0, 0.1) is 0 Å². The lowest BCUT2D eigenvalue weighted by molar-refractivity contribution is -0.139. The van der Waals surface area contributed by atoms with Crippen molar-refractivity contribution in [3.63, 3.8) is 0 Å². The van der Waals surface area contributed by atoms with Crippen molar-refractivity contribution in [3.8, 4) is 0 Å². The molecule has 1 amide bonds. The van der Waals surface area contributed by atoms with Crippen molar-refractivity contribution in [2.75, 3.05) is 0 Å². The number of hydrogen-bond acceptors (Lipinski definition) is 2. The summed E-state index contributed by atoms with van der Waals surface area (Å²) >= 11 is 3.36. The molecule has 0 radical (unpaired) electrons. The Morgan fingerprint density at radius 3 is 2.79 bits per heavy atom. The maximum atomic E-state index is 12.2. The van der Waals surface area contributed by atoms with Crippen LogP contribution in [0.2, 0.25) is 0 Å². The van der Waals surface area contributed by atoms with Crippen LogP contribution in [0.25, 0.3) is 0 Å². The molecule has 19 heavy (non-hydrogen) atoms. The molecule has 1 heterocycles. The molecule has 1 aromatic heterocycles. The number of carbonyl (C=O) groups excluding carboxylic acids is 1. The van der Waals surface area contributed by atoms with E-state index in [-0.39, 0.29) is 5.91 Å². The molecule has 1 unspecified atom stereocenters. The van der Waals surface area contributed by atoms with Gasteiger partial charge in [0, 0.05) is 16.7 Å². The van der Waals surface area contributed by atoms with E-state index in [9.17, 15) is 9.59 Å². The first-order chi connectivity index (χ1) is 9.02.